The number of carbonyl (C=O) groups is 2. The Morgan fingerprint density at radius 3 is 2.04 bits per heavy atom. The first-order chi connectivity index (χ1) is 12.8. The third-order valence-electron chi connectivity index (χ3n) is 3.86. The van der Waals surface area contributed by atoms with Gasteiger partial charge >= 0.3 is 27.2 Å². The summed E-state index contributed by atoms with van der Waals surface area (Å²) in [5.74, 6) is -1.29. The third kappa shape index (κ3) is 8.52. The topological polar surface area (TPSA) is 92.3 Å². The molecule has 0 aliphatic rings. The van der Waals surface area contributed by atoms with Crippen LogP contribution < -0.4 is 5.32 Å². The minimum absolute atomic E-state index is 0.161. The Hall–Kier alpha value is -1.94. The van der Waals surface area contributed by atoms with Gasteiger partial charge in [-0.1, -0.05) is 25.1 Å². The maximum atomic E-state index is 11.2. The van der Waals surface area contributed by atoms with Gasteiger partial charge in [0.2, 0.25) is 0 Å². The zero-order chi connectivity index (χ0) is 20.3. The summed E-state index contributed by atoms with van der Waals surface area (Å²) in [7, 11) is -0.314. The molecule has 1 aromatic rings. The number of hydrogen-bond acceptors (Lipinski definition) is 8. The smallest absolute Gasteiger partial charge is 0.401 e. The molecule has 0 fully saturated rings. The molecule has 1 atom stereocenters. The van der Waals surface area contributed by atoms with Crippen molar-refractivity contribution in [1.29, 1.82) is 0 Å². The van der Waals surface area contributed by atoms with Crippen molar-refractivity contribution < 1.29 is 32.3 Å². The van der Waals surface area contributed by atoms with Crippen LogP contribution in [0.4, 0.5) is 5.69 Å². The second-order valence-corrected chi connectivity index (χ2v) is 8.79. The number of carbonyl (C=O) groups excluding carboxylic acids is 2. The van der Waals surface area contributed by atoms with Crippen LogP contribution in [0, 0.1) is 0 Å². The van der Waals surface area contributed by atoms with Crippen molar-refractivity contribution in [3.63, 3.8) is 0 Å². The van der Waals surface area contributed by atoms with Crippen molar-refractivity contribution in [1.82, 2.24) is 0 Å². The molecule has 9 heteroatoms. The fourth-order valence-electron chi connectivity index (χ4n) is 2.43. The third-order valence-corrected chi connectivity index (χ3v) is 6.56. The van der Waals surface area contributed by atoms with Crippen LogP contribution >= 0.6 is 0 Å². The Morgan fingerprint density at radius 2 is 1.59 bits per heavy atom. The molecule has 0 heterocycles. The summed E-state index contributed by atoms with van der Waals surface area (Å²) >= 11 is 0. The highest BCUT2D eigenvalue weighted by molar-refractivity contribution is 6.60. The van der Waals surface area contributed by atoms with Gasteiger partial charge < -0.3 is 28.1 Å². The van der Waals surface area contributed by atoms with Crippen LogP contribution in [0.15, 0.2) is 30.3 Å². The van der Waals surface area contributed by atoms with E-state index in [0.29, 0.717) is 12.5 Å². The van der Waals surface area contributed by atoms with Crippen molar-refractivity contribution in [3.05, 3.63) is 30.3 Å². The van der Waals surface area contributed by atoms with Crippen LogP contribution in [0.25, 0.3) is 0 Å². The van der Waals surface area contributed by atoms with E-state index < -0.39 is 27.2 Å². The number of hydrogen-bond donors (Lipinski definition) is 1. The second-order valence-electron chi connectivity index (χ2n) is 5.87. The molecule has 0 saturated carbocycles. The molecule has 0 aliphatic carbocycles. The van der Waals surface area contributed by atoms with E-state index in [1.165, 1.54) is 28.1 Å². The van der Waals surface area contributed by atoms with Gasteiger partial charge in [-0.25, -0.2) is 0 Å². The van der Waals surface area contributed by atoms with Crippen LogP contribution in [0.1, 0.15) is 33.6 Å². The van der Waals surface area contributed by atoms with Crippen molar-refractivity contribution >= 4 is 26.4 Å². The summed E-state index contributed by atoms with van der Waals surface area (Å²) in [6, 6.07) is 10.5. The first-order valence-corrected chi connectivity index (χ1v) is 10.7. The summed E-state index contributed by atoms with van der Waals surface area (Å²) in [5, 5.41) is 3.45. The summed E-state index contributed by atoms with van der Waals surface area (Å²) in [6.45, 7) is 2.96. The Balaban J connectivity index is 2.78. The van der Waals surface area contributed by atoms with Crippen LogP contribution in [-0.4, -0.2) is 47.5 Å². The van der Waals surface area contributed by atoms with Gasteiger partial charge in [0.1, 0.15) is 0 Å². The first kappa shape index (κ1) is 23.1. The summed E-state index contributed by atoms with van der Waals surface area (Å²) in [4.78, 5) is 22.5. The molecule has 1 aromatic carbocycles. The van der Waals surface area contributed by atoms with Gasteiger partial charge in [0.05, 0.1) is 0 Å². The lowest BCUT2D eigenvalue weighted by molar-refractivity contribution is -0.245. The van der Waals surface area contributed by atoms with Crippen molar-refractivity contribution in [2.45, 2.75) is 52.2 Å². The summed E-state index contributed by atoms with van der Waals surface area (Å²) in [5.41, 5.74) is 1.02. The predicted molar refractivity (Wildman–Crippen MR) is 102 cm³/mol. The van der Waals surface area contributed by atoms with E-state index in [2.05, 4.69) is 12.2 Å². The normalized spacial score (nSPS) is 12.5. The van der Waals surface area contributed by atoms with Crippen LogP contribution in [0.3, 0.4) is 0 Å². The molecular formula is C18H29NO7Si. The van der Waals surface area contributed by atoms with Crippen LogP contribution in [0.2, 0.25) is 6.04 Å². The minimum atomic E-state index is -3.23. The van der Waals surface area contributed by atoms with Gasteiger partial charge in [-0.05, 0) is 25.0 Å². The molecular weight excluding hydrogens is 370 g/mol. The molecule has 152 valence electrons. The Morgan fingerprint density at radius 1 is 1.04 bits per heavy atom. The van der Waals surface area contributed by atoms with E-state index in [1.807, 2.05) is 30.3 Å². The molecule has 1 N–H and O–H groups in total. The predicted octanol–water partition coefficient (Wildman–Crippen LogP) is 2.93. The largest absolute Gasteiger partial charge is 0.505 e. The van der Waals surface area contributed by atoms with Gasteiger partial charge in [0.25, 0.3) is 0 Å². The SMILES string of the molecule is CCC(CC[Si](OC)(OC)OC(OC(C)=O)OC(C)=O)Nc1ccccc1. The Labute approximate surface area is 161 Å². The highest BCUT2D eigenvalue weighted by Gasteiger charge is 2.43. The molecule has 0 saturated heterocycles. The lowest BCUT2D eigenvalue weighted by atomic mass is 10.1. The van der Waals surface area contributed by atoms with E-state index in [1.54, 1.807) is 0 Å². The van der Waals surface area contributed by atoms with Gasteiger partial charge in [-0.3, -0.25) is 9.59 Å². The number of ether oxygens (including phenoxy) is 2. The number of rotatable bonds is 12. The molecule has 1 unspecified atom stereocenters. The highest BCUT2D eigenvalue weighted by Crippen LogP contribution is 2.23. The lowest BCUT2D eigenvalue weighted by Crippen LogP contribution is -2.49. The van der Waals surface area contributed by atoms with Gasteiger partial charge in [0, 0.05) is 45.8 Å². The molecule has 0 amide bonds. The lowest BCUT2D eigenvalue weighted by Gasteiger charge is -2.31. The van der Waals surface area contributed by atoms with Crippen LogP contribution in [0.5, 0.6) is 0 Å². The summed E-state index contributed by atoms with van der Waals surface area (Å²) < 4.78 is 26.5. The molecule has 0 radical (unpaired) electrons. The molecule has 1 rings (SSSR count). The van der Waals surface area contributed by atoms with Gasteiger partial charge in [0.15, 0.2) is 0 Å². The zero-order valence-electron chi connectivity index (χ0n) is 16.5. The van der Waals surface area contributed by atoms with E-state index in [9.17, 15) is 9.59 Å². The quantitative estimate of drug-likeness (QED) is 0.326. The number of esters is 2. The molecule has 0 aromatic heterocycles. The molecule has 0 spiro atoms. The van der Waals surface area contributed by atoms with Crippen molar-refractivity contribution in [2.24, 2.45) is 0 Å². The fraction of sp³-hybridized carbons (Fsp3) is 0.556. The standard InChI is InChI=1S/C18H29NO7Si/c1-6-16(19-17-10-8-7-9-11-17)12-13-27(22-4,23-5)26-18(24-14(2)20)25-15(3)21/h7-11,16,18-19H,6,12-13H2,1-5H3. The maximum absolute atomic E-state index is 11.2. The zero-order valence-corrected chi connectivity index (χ0v) is 17.5. The summed E-state index contributed by atoms with van der Waals surface area (Å²) in [6.07, 6.45) is 1.57. The monoisotopic (exact) mass is 399 g/mol. The highest BCUT2D eigenvalue weighted by atomic mass is 28.4. The average Bonchev–Trinajstić information content (AvgIpc) is 2.63. The van der Waals surface area contributed by atoms with E-state index in [4.69, 9.17) is 22.8 Å². The first-order valence-electron chi connectivity index (χ1n) is 8.78. The minimum Gasteiger partial charge on any atom is -0.401 e. The second kappa shape index (κ2) is 11.7. The number of benzene rings is 1. The molecule has 0 aliphatic heterocycles. The van der Waals surface area contributed by atoms with E-state index >= 15 is 0 Å². The molecule has 27 heavy (non-hydrogen) atoms. The Kier molecular flexibility index (Phi) is 10.0. The number of para-hydroxylation sites is 1. The number of anilines is 1. The average molecular weight is 400 g/mol. The maximum Gasteiger partial charge on any atom is 0.505 e. The van der Waals surface area contributed by atoms with E-state index in [0.717, 1.165) is 12.1 Å². The molecule has 8 nitrogen and oxygen atoms in total. The van der Waals surface area contributed by atoms with Crippen molar-refractivity contribution in [2.75, 3.05) is 19.5 Å². The fourth-order valence-corrected chi connectivity index (χ4v) is 4.41. The molecule has 0 bridgehead atoms. The van der Waals surface area contributed by atoms with Gasteiger partial charge in [-0.15, -0.1) is 0 Å². The van der Waals surface area contributed by atoms with Gasteiger partial charge in [-0.2, -0.15) is 0 Å². The van der Waals surface area contributed by atoms with Crippen molar-refractivity contribution in [3.8, 4) is 0 Å². The number of nitrogens with one attached hydrogen (secondary N) is 1. The van der Waals surface area contributed by atoms with Crippen LogP contribution in [-0.2, 0) is 32.3 Å². The Bertz CT molecular complexity index is 564. The van der Waals surface area contributed by atoms with E-state index in [-0.39, 0.29) is 6.04 Å².